The number of nitrogens with zero attached hydrogens (tertiary/aromatic N) is 6. The number of hydrogen-bond donors (Lipinski definition) is 0. The van der Waals surface area contributed by atoms with Crippen LogP contribution in [0.25, 0.3) is 5.65 Å². The summed E-state index contributed by atoms with van der Waals surface area (Å²) in [6.45, 7) is 1.91. The Labute approximate surface area is 122 Å². The summed E-state index contributed by atoms with van der Waals surface area (Å²) in [5.41, 5.74) is 0.918. The molecule has 21 heavy (non-hydrogen) atoms. The van der Waals surface area contributed by atoms with Crippen LogP contribution in [0.5, 0.6) is 0 Å². The summed E-state index contributed by atoms with van der Waals surface area (Å²) >= 11 is 0. The molecule has 0 amide bonds. The van der Waals surface area contributed by atoms with Gasteiger partial charge in [0.05, 0.1) is 0 Å². The van der Waals surface area contributed by atoms with E-state index in [1.165, 1.54) is 0 Å². The second-order valence-corrected chi connectivity index (χ2v) is 5.30. The van der Waals surface area contributed by atoms with Gasteiger partial charge in [-0.25, -0.2) is 9.97 Å². The second kappa shape index (κ2) is 5.12. The van der Waals surface area contributed by atoms with E-state index in [1.54, 1.807) is 12.4 Å². The fraction of sp³-hybridized carbons (Fsp3) is 0.333. The molecule has 0 spiro atoms. The summed E-state index contributed by atoms with van der Waals surface area (Å²) in [6, 6.07) is 7.85. The lowest BCUT2D eigenvalue weighted by atomic mass is 9.96. The fourth-order valence-electron chi connectivity index (χ4n) is 2.93. The summed E-state index contributed by atoms with van der Waals surface area (Å²) in [5.74, 6) is 2.34. The summed E-state index contributed by atoms with van der Waals surface area (Å²) in [5, 5.41) is 8.63. The van der Waals surface area contributed by atoms with E-state index >= 15 is 0 Å². The topological polar surface area (TPSA) is 59.2 Å². The Morgan fingerprint density at radius 2 is 1.76 bits per heavy atom. The monoisotopic (exact) mass is 280 g/mol. The van der Waals surface area contributed by atoms with Gasteiger partial charge in [0.2, 0.25) is 5.95 Å². The smallest absolute Gasteiger partial charge is 0.225 e. The molecule has 0 atom stereocenters. The summed E-state index contributed by atoms with van der Waals surface area (Å²) < 4.78 is 2.10. The highest BCUT2D eigenvalue weighted by Gasteiger charge is 2.25. The Kier molecular flexibility index (Phi) is 2.99. The molecule has 6 nitrogen and oxygen atoms in total. The third-order valence-electron chi connectivity index (χ3n) is 4.04. The van der Waals surface area contributed by atoms with Gasteiger partial charge >= 0.3 is 0 Å². The van der Waals surface area contributed by atoms with E-state index in [0.717, 1.165) is 43.4 Å². The molecule has 0 saturated carbocycles. The second-order valence-electron chi connectivity index (χ2n) is 5.30. The largest absolute Gasteiger partial charge is 0.341 e. The Bertz CT molecular complexity index is 730. The highest BCUT2D eigenvalue weighted by molar-refractivity contribution is 5.38. The van der Waals surface area contributed by atoms with Gasteiger partial charge in [-0.15, -0.1) is 10.2 Å². The van der Waals surface area contributed by atoms with Crippen molar-refractivity contribution in [1.29, 1.82) is 0 Å². The normalized spacial score (nSPS) is 16.5. The zero-order valence-corrected chi connectivity index (χ0v) is 11.6. The Balaban J connectivity index is 1.53. The first-order valence-electron chi connectivity index (χ1n) is 7.23. The van der Waals surface area contributed by atoms with Crippen molar-refractivity contribution >= 4 is 11.6 Å². The molecule has 3 aromatic rings. The van der Waals surface area contributed by atoms with Gasteiger partial charge in [-0.3, -0.25) is 4.40 Å². The van der Waals surface area contributed by atoms with Gasteiger partial charge in [0.15, 0.2) is 5.65 Å². The maximum Gasteiger partial charge on any atom is 0.225 e. The molecule has 6 heteroatoms. The number of pyridine rings is 1. The standard InChI is InChI=1S/C15H16N6/c1-2-9-21-13(4-1)18-19-14(21)12-5-10-20(11-6-12)15-16-7-3-8-17-15/h1-4,7-9,12H,5-6,10-11H2. The van der Waals surface area contributed by atoms with Crippen LogP contribution in [-0.4, -0.2) is 37.7 Å². The number of rotatable bonds is 2. The van der Waals surface area contributed by atoms with Crippen molar-refractivity contribution in [3.05, 3.63) is 48.7 Å². The minimum atomic E-state index is 0.447. The van der Waals surface area contributed by atoms with Crippen LogP contribution in [0.15, 0.2) is 42.9 Å². The molecule has 0 radical (unpaired) electrons. The SMILES string of the molecule is c1cnc(N2CCC(c3nnc4ccccn34)CC2)nc1. The summed E-state index contributed by atoms with van der Waals surface area (Å²) in [4.78, 5) is 10.9. The van der Waals surface area contributed by atoms with Crippen LogP contribution < -0.4 is 4.90 Å². The zero-order chi connectivity index (χ0) is 14.1. The molecule has 1 saturated heterocycles. The Morgan fingerprint density at radius 1 is 0.952 bits per heavy atom. The molecule has 1 fully saturated rings. The number of fused-ring (bicyclic) bond motifs is 1. The lowest BCUT2D eigenvalue weighted by molar-refractivity contribution is 0.477. The first-order valence-corrected chi connectivity index (χ1v) is 7.23. The van der Waals surface area contributed by atoms with Crippen molar-refractivity contribution < 1.29 is 0 Å². The van der Waals surface area contributed by atoms with E-state index in [-0.39, 0.29) is 0 Å². The summed E-state index contributed by atoms with van der Waals surface area (Å²) in [6.07, 6.45) is 7.72. The molecule has 0 bridgehead atoms. The van der Waals surface area contributed by atoms with Crippen molar-refractivity contribution in [2.75, 3.05) is 18.0 Å². The van der Waals surface area contributed by atoms with Gasteiger partial charge in [-0.1, -0.05) is 6.07 Å². The van der Waals surface area contributed by atoms with Crippen LogP contribution in [0, 0.1) is 0 Å². The molecule has 3 aromatic heterocycles. The minimum absolute atomic E-state index is 0.447. The summed E-state index contributed by atoms with van der Waals surface area (Å²) in [7, 11) is 0. The Hall–Kier alpha value is -2.50. The molecule has 0 N–H and O–H groups in total. The predicted molar refractivity (Wildman–Crippen MR) is 79.2 cm³/mol. The van der Waals surface area contributed by atoms with Crippen LogP contribution >= 0.6 is 0 Å². The van der Waals surface area contributed by atoms with Crippen LogP contribution in [0.2, 0.25) is 0 Å². The molecule has 0 aromatic carbocycles. The van der Waals surface area contributed by atoms with E-state index in [4.69, 9.17) is 0 Å². The lowest BCUT2D eigenvalue weighted by Gasteiger charge is -2.31. The fourth-order valence-corrected chi connectivity index (χ4v) is 2.93. The van der Waals surface area contributed by atoms with Crippen molar-refractivity contribution in [3.8, 4) is 0 Å². The number of piperidine rings is 1. The average Bonchev–Trinajstić information content (AvgIpc) is 3.00. The van der Waals surface area contributed by atoms with Gasteiger partial charge in [0.25, 0.3) is 0 Å². The number of aromatic nitrogens is 5. The maximum absolute atomic E-state index is 4.38. The van der Waals surface area contributed by atoms with Crippen LogP contribution in [0.1, 0.15) is 24.6 Å². The van der Waals surface area contributed by atoms with Gasteiger partial charge in [0, 0.05) is 37.6 Å². The van der Waals surface area contributed by atoms with Crippen molar-refractivity contribution in [3.63, 3.8) is 0 Å². The molecule has 106 valence electrons. The highest BCUT2D eigenvalue weighted by atomic mass is 15.3. The molecule has 1 aliphatic heterocycles. The zero-order valence-electron chi connectivity index (χ0n) is 11.6. The van der Waals surface area contributed by atoms with Crippen LogP contribution in [0.3, 0.4) is 0 Å². The van der Waals surface area contributed by atoms with Crippen molar-refractivity contribution in [2.24, 2.45) is 0 Å². The van der Waals surface area contributed by atoms with Crippen LogP contribution in [0.4, 0.5) is 5.95 Å². The molecule has 4 rings (SSSR count). The van der Waals surface area contributed by atoms with Gasteiger partial charge in [-0.05, 0) is 31.0 Å². The first-order chi connectivity index (χ1) is 10.4. The highest BCUT2D eigenvalue weighted by Crippen LogP contribution is 2.28. The average molecular weight is 280 g/mol. The quantitative estimate of drug-likeness (QED) is 0.717. The number of anilines is 1. The predicted octanol–water partition coefficient (Wildman–Crippen LogP) is 1.90. The van der Waals surface area contributed by atoms with E-state index in [0.29, 0.717) is 5.92 Å². The van der Waals surface area contributed by atoms with Crippen molar-refractivity contribution in [2.45, 2.75) is 18.8 Å². The lowest BCUT2D eigenvalue weighted by Crippen LogP contribution is -2.34. The van der Waals surface area contributed by atoms with Gasteiger partial charge in [-0.2, -0.15) is 0 Å². The van der Waals surface area contributed by atoms with E-state index < -0.39 is 0 Å². The molecule has 0 unspecified atom stereocenters. The van der Waals surface area contributed by atoms with Gasteiger partial charge < -0.3 is 4.90 Å². The molecule has 4 heterocycles. The number of hydrogen-bond acceptors (Lipinski definition) is 5. The third kappa shape index (κ3) is 2.22. The van der Waals surface area contributed by atoms with Gasteiger partial charge in [0.1, 0.15) is 5.82 Å². The van der Waals surface area contributed by atoms with E-state index in [1.807, 2.05) is 30.5 Å². The first kappa shape index (κ1) is 12.3. The van der Waals surface area contributed by atoms with Crippen LogP contribution in [-0.2, 0) is 0 Å². The molecule has 0 aliphatic carbocycles. The minimum Gasteiger partial charge on any atom is -0.341 e. The molecular weight excluding hydrogens is 264 g/mol. The van der Waals surface area contributed by atoms with E-state index in [2.05, 4.69) is 29.5 Å². The molecule has 1 aliphatic rings. The molecular formula is C15H16N6. The Morgan fingerprint density at radius 3 is 2.57 bits per heavy atom. The van der Waals surface area contributed by atoms with Crippen molar-refractivity contribution in [1.82, 2.24) is 24.6 Å². The van der Waals surface area contributed by atoms with E-state index in [9.17, 15) is 0 Å². The maximum atomic E-state index is 4.38. The third-order valence-corrected chi connectivity index (χ3v) is 4.04.